The molecule has 17 heavy (non-hydrogen) atoms. The molecule has 0 aliphatic rings. The molecule has 0 spiro atoms. The monoisotopic (exact) mass is 239 g/mol. The molecule has 3 N–H and O–H groups in total. The van der Waals surface area contributed by atoms with Gasteiger partial charge in [0.05, 0.1) is 11.3 Å². The van der Waals surface area contributed by atoms with Gasteiger partial charge in [-0.05, 0) is 25.5 Å². The summed E-state index contributed by atoms with van der Waals surface area (Å²) in [6, 6.07) is 4.89. The van der Waals surface area contributed by atoms with Crippen LogP contribution in [0.1, 0.15) is 25.8 Å². The average molecular weight is 239 g/mol. The summed E-state index contributed by atoms with van der Waals surface area (Å²) in [7, 11) is 1.86. The summed E-state index contributed by atoms with van der Waals surface area (Å²) in [6.07, 6.45) is 0.919. The highest BCUT2D eigenvalue weighted by molar-refractivity contribution is 6.02. The molecular weight excluding hydrogens is 221 g/mol. The number of halogens is 1. The molecule has 5 heteroatoms. The summed E-state index contributed by atoms with van der Waals surface area (Å²) in [6.45, 7) is 4.07. The van der Waals surface area contributed by atoms with Crippen LogP contribution in [0.3, 0.4) is 0 Å². The molecular formula is C12H18FN3O. The number of hydrogen-bond donors (Lipinski definition) is 2. The summed E-state index contributed by atoms with van der Waals surface area (Å²) >= 11 is 0. The second kappa shape index (κ2) is 5.52. The van der Waals surface area contributed by atoms with E-state index in [1.54, 1.807) is 12.1 Å². The van der Waals surface area contributed by atoms with Crippen molar-refractivity contribution in [2.45, 2.75) is 26.3 Å². The first-order valence-electron chi connectivity index (χ1n) is 5.52. The zero-order valence-corrected chi connectivity index (χ0v) is 10.3. The molecule has 0 heterocycles. The van der Waals surface area contributed by atoms with Crippen LogP contribution in [0.25, 0.3) is 0 Å². The normalized spacial score (nSPS) is 13.5. The van der Waals surface area contributed by atoms with Gasteiger partial charge in [-0.3, -0.25) is 0 Å². The number of nitrogens with two attached hydrogens (primary N) is 1. The summed E-state index contributed by atoms with van der Waals surface area (Å²) in [4.78, 5) is 1.91. The van der Waals surface area contributed by atoms with Crippen LogP contribution in [-0.4, -0.2) is 24.1 Å². The average Bonchev–Trinajstić information content (AvgIpc) is 2.35. The SMILES string of the molecule is CCC(C)N(C)c1cccc(F)c1C(N)=NO. The van der Waals surface area contributed by atoms with Crippen molar-refractivity contribution in [2.24, 2.45) is 10.9 Å². The Hall–Kier alpha value is -1.78. The molecule has 1 aromatic rings. The third-order valence-electron chi connectivity index (χ3n) is 2.99. The van der Waals surface area contributed by atoms with E-state index in [0.29, 0.717) is 5.69 Å². The third kappa shape index (κ3) is 2.67. The van der Waals surface area contributed by atoms with Gasteiger partial charge in [0.2, 0.25) is 0 Å². The Morgan fingerprint density at radius 2 is 2.24 bits per heavy atom. The molecule has 94 valence electrons. The maximum atomic E-state index is 13.7. The van der Waals surface area contributed by atoms with E-state index in [1.807, 2.05) is 25.8 Å². The van der Waals surface area contributed by atoms with Crippen LogP contribution in [-0.2, 0) is 0 Å². The van der Waals surface area contributed by atoms with Gasteiger partial charge in [0.1, 0.15) is 5.82 Å². The molecule has 0 bridgehead atoms. The molecule has 0 fully saturated rings. The molecule has 0 aromatic heterocycles. The molecule has 4 nitrogen and oxygen atoms in total. The second-order valence-electron chi connectivity index (χ2n) is 3.99. The fourth-order valence-electron chi connectivity index (χ4n) is 1.62. The third-order valence-corrected chi connectivity index (χ3v) is 2.99. The smallest absolute Gasteiger partial charge is 0.175 e. The molecule has 0 saturated heterocycles. The highest BCUT2D eigenvalue weighted by Gasteiger charge is 2.18. The van der Waals surface area contributed by atoms with Gasteiger partial charge in [0, 0.05) is 13.1 Å². The summed E-state index contributed by atoms with van der Waals surface area (Å²) in [5.74, 6) is -0.707. The number of oxime groups is 1. The maximum Gasteiger partial charge on any atom is 0.175 e. The van der Waals surface area contributed by atoms with Gasteiger partial charge in [-0.25, -0.2) is 4.39 Å². The lowest BCUT2D eigenvalue weighted by molar-refractivity contribution is 0.318. The Morgan fingerprint density at radius 1 is 1.59 bits per heavy atom. The van der Waals surface area contributed by atoms with Gasteiger partial charge in [0.25, 0.3) is 0 Å². The van der Waals surface area contributed by atoms with Crippen LogP contribution in [0.15, 0.2) is 23.4 Å². The predicted molar refractivity (Wildman–Crippen MR) is 67.1 cm³/mol. The minimum Gasteiger partial charge on any atom is -0.409 e. The van der Waals surface area contributed by atoms with Crippen molar-refractivity contribution in [1.82, 2.24) is 0 Å². The Balaban J connectivity index is 3.29. The quantitative estimate of drug-likeness (QED) is 0.366. The molecule has 1 atom stereocenters. The second-order valence-corrected chi connectivity index (χ2v) is 3.99. The predicted octanol–water partition coefficient (Wildman–Crippen LogP) is 2.15. The van der Waals surface area contributed by atoms with Crippen molar-refractivity contribution in [3.05, 3.63) is 29.6 Å². The number of anilines is 1. The molecule has 0 aliphatic carbocycles. The van der Waals surface area contributed by atoms with Crippen LogP contribution in [0.2, 0.25) is 0 Å². The van der Waals surface area contributed by atoms with E-state index in [9.17, 15) is 4.39 Å². The van der Waals surface area contributed by atoms with Gasteiger partial charge >= 0.3 is 0 Å². The van der Waals surface area contributed by atoms with Crippen molar-refractivity contribution in [3.63, 3.8) is 0 Å². The Bertz CT molecular complexity index is 420. The number of benzene rings is 1. The van der Waals surface area contributed by atoms with E-state index in [4.69, 9.17) is 10.9 Å². The zero-order chi connectivity index (χ0) is 13.0. The highest BCUT2D eigenvalue weighted by Crippen LogP contribution is 2.24. The van der Waals surface area contributed by atoms with Crippen LogP contribution in [0.5, 0.6) is 0 Å². The van der Waals surface area contributed by atoms with Crippen molar-refractivity contribution >= 4 is 11.5 Å². The van der Waals surface area contributed by atoms with Crippen LogP contribution in [0.4, 0.5) is 10.1 Å². The Kier molecular flexibility index (Phi) is 4.31. The molecule has 1 aromatic carbocycles. The van der Waals surface area contributed by atoms with E-state index in [2.05, 4.69) is 5.16 Å². The van der Waals surface area contributed by atoms with E-state index >= 15 is 0 Å². The minimum absolute atomic E-state index is 0.137. The van der Waals surface area contributed by atoms with E-state index in [0.717, 1.165) is 6.42 Å². The van der Waals surface area contributed by atoms with Gasteiger partial charge in [0.15, 0.2) is 5.84 Å². The molecule has 0 saturated carbocycles. The van der Waals surface area contributed by atoms with Crippen molar-refractivity contribution < 1.29 is 9.60 Å². The first-order valence-corrected chi connectivity index (χ1v) is 5.52. The van der Waals surface area contributed by atoms with E-state index in [-0.39, 0.29) is 17.4 Å². The van der Waals surface area contributed by atoms with Crippen LogP contribution < -0.4 is 10.6 Å². The number of rotatable bonds is 4. The first kappa shape index (κ1) is 13.3. The molecule has 0 aliphatic heterocycles. The molecule has 1 rings (SSSR count). The Labute approximate surface area is 101 Å². The topological polar surface area (TPSA) is 61.8 Å². The molecule has 1 unspecified atom stereocenters. The van der Waals surface area contributed by atoms with Crippen LogP contribution in [0, 0.1) is 5.82 Å². The summed E-state index contributed by atoms with van der Waals surface area (Å²) < 4.78 is 13.7. The number of amidine groups is 1. The lowest BCUT2D eigenvalue weighted by Crippen LogP contribution is -2.31. The maximum absolute atomic E-state index is 13.7. The highest BCUT2D eigenvalue weighted by atomic mass is 19.1. The van der Waals surface area contributed by atoms with Gasteiger partial charge in [-0.15, -0.1) is 0 Å². The fourth-order valence-corrected chi connectivity index (χ4v) is 1.62. The van der Waals surface area contributed by atoms with E-state index in [1.165, 1.54) is 6.07 Å². The Morgan fingerprint density at radius 3 is 2.76 bits per heavy atom. The molecule has 0 amide bonds. The van der Waals surface area contributed by atoms with Crippen molar-refractivity contribution in [1.29, 1.82) is 0 Å². The lowest BCUT2D eigenvalue weighted by atomic mass is 10.1. The first-order chi connectivity index (χ1) is 8.02. The standard InChI is InChI=1S/C12H18FN3O/c1-4-8(2)16(3)10-7-5-6-9(13)11(10)12(14)15-17/h5-8,17H,4H2,1-3H3,(H2,14,15). The largest absolute Gasteiger partial charge is 0.409 e. The fraction of sp³-hybridized carbons (Fsp3) is 0.417. The lowest BCUT2D eigenvalue weighted by Gasteiger charge is -2.28. The summed E-state index contributed by atoms with van der Waals surface area (Å²) in [5, 5.41) is 11.6. The number of nitrogens with zero attached hydrogens (tertiary/aromatic N) is 2. The van der Waals surface area contributed by atoms with Crippen molar-refractivity contribution in [2.75, 3.05) is 11.9 Å². The number of hydrogen-bond acceptors (Lipinski definition) is 3. The summed E-state index contributed by atoms with van der Waals surface area (Å²) in [5.41, 5.74) is 6.27. The van der Waals surface area contributed by atoms with Gasteiger partial charge < -0.3 is 15.8 Å². The zero-order valence-electron chi connectivity index (χ0n) is 10.3. The van der Waals surface area contributed by atoms with Gasteiger partial charge in [-0.1, -0.05) is 18.1 Å². The minimum atomic E-state index is -0.493. The van der Waals surface area contributed by atoms with Crippen molar-refractivity contribution in [3.8, 4) is 0 Å². The van der Waals surface area contributed by atoms with E-state index < -0.39 is 5.82 Å². The molecule has 0 radical (unpaired) electrons. The van der Waals surface area contributed by atoms with Gasteiger partial charge in [-0.2, -0.15) is 0 Å². The van der Waals surface area contributed by atoms with Crippen LogP contribution >= 0.6 is 0 Å².